The summed E-state index contributed by atoms with van der Waals surface area (Å²) < 4.78 is 7.67. The van der Waals surface area contributed by atoms with E-state index in [4.69, 9.17) is 15.0 Å². The van der Waals surface area contributed by atoms with E-state index in [1.165, 1.54) is 0 Å². The van der Waals surface area contributed by atoms with Crippen LogP contribution in [0.1, 0.15) is 25.1 Å². The van der Waals surface area contributed by atoms with Gasteiger partial charge in [0.05, 0.1) is 30.0 Å². The van der Waals surface area contributed by atoms with Crippen molar-refractivity contribution in [3.8, 4) is 23.1 Å². The Bertz CT molecular complexity index is 870. The maximum atomic E-state index is 9.16. The molecular weight excluding hydrogens is 286 g/mol. The van der Waals surface area contributed by atoms with Crippen molar-refractivity contribution < 1.29 is 4.74 Å². The molecule has 2 heterocycles. The van der Waals surface area contributed by atoms with Crippen LogP contribution in [0.4, 0.5) is 0 Å². The van der Waals surface area contributed by atoms with Crippen LogP contribution in [-0.2, 0) is 6.42 Å². The number of hydrogen-bond donors (Lipinski definition) is 0. The summed E-state index contributed by atoms with van der Waals surface area (Å²) >= 11 is 0. The highest BCUT2D eigenvalue weighted by molar-refractivity contribution is 5.68. The van der Waals surface area contributed by atoms with Gasteiger partial charge in [-0.05, 0) is 62.7 Å². The number of nitrogens with zero attached hydrogens (tertiary/aromatic N) is 3. The molecule has 0 unspecified atom stereocenters. The fourth-order valence-corrected chi connectivity index (χ4v) is 2.64. The Kier molecular flexibility index (Phi) is 4.03. The van der Waals surface area contributed by atoms with Gasteiger partial charge in [-0.2, -0.15) is 5.26 Å². The van der Waals surface area contributed by atoms with Gasteiger partial charge in [-0.3, -0.25) is 0 Å². The van der Waals surface area contributed by atoms with Crippen molar-refractivity contribution >= 4 is 5.65 Å². The molecule has 2 aromatic heterocycles. The van der Waals surface area contributed by atoms with Crippen LogP contribution in [-0.4, -0.2) is 15.5 Å². The average molecular weight is 305 g/mol. The summed E-state index contributed by atoms with van der Waals surface area (Å²) in [5, 5.41) is 9.16. The number of aryl methyl sites for hydroxylation is 1. The van der Waals surface area contributed by atoms with Gasteiger partial charge in [0.2, 0.25) is 0 Å². The van der Waals surface area contributed by atoms with Crippen LogP contribution in [0.25, 0.3) is 16.9 Å². The number of nitriles is 1. The van der Waals surface area contributed by atoms with Gasteiger partial charge in [0, 0.05) is 11.8 Å². The number of hydrogen-bond acceptors (Lipinski definition) is 3. The lowest BCUT2D eigenvalue weighted by Gasteiger charge is -2.09. The minimum atomic E-state index is 0.146. The second-order valence-corrected chi connectivity index (χ2v) is 5.87. The highest BCUT2D eigenvalue weighted by Gasteiger charge is 2.14. The Labute approximate surface area is 136 Å². The zero-order valence-corrected chi connectivity index (χ0v) is 13.6. The SMILES string of the molecule is Cc1ccn2c(CC#N)c(-c3ccc(OC(C)C)cc3)nc2c1. The third-order valence-electron chi connectivity index (χ3n) is 3.63. The molecule has 0 aliphatic carbocycles. The van der Waals surface area contributed by atoms with Gasteiger partial charge in [0.15, 0.2) is 0 Å². The zero-order valence-electron chi connectivity index (χ0n) is 13.6. The molecule has 0 aliphatic heterocycles. The monoisotopic (exact) mass is 305 g/mol. The van der Waals surface area contributed by atoms with E-state index in [1.54, 1.807) is 0 Å². The van der Waals surface area contributed by atoms with E-state index in [0.717, 1.165) is 33.9 Å². The lowest BCUT2D eigenvalue weighted by Crippen LogP contribution is -2.05. The number of imidazole rings is 1. The summed E-state index contributed by atoms with van der Waals surface area (Å²) in [6, 6.07) is 14.2. The highest BCUT2D eigenvalue weighted by atomic mass is 16.5. The predicted molar refractivity (Wildman–Crippen MR) is 90.4 cm³/mol. The summed E-state index contributed by atoms with van der Waals surface area (Å²) in [6.07, 6.45) is 2.45. The normalized spacial score (nSPS) is 10.9. The number of ether oxygens (including phenoxy) is 1. The predicted octanol–water partition coefficient (Wildman–Crippen LogP) is 4.16. The standard InChI is InChI=1S/C19H19N3O/c1-13(2)23-16-6-4-15(5-7-16)19-17(8-10-20)22-11-9-14(3)12-18(22)21-19/h4-7,9,11-13H,8H2,1-3H3. The smallest absolute Gasteiger partial charge is 0.137 e. The Morgan fingerprint density at radius 3 is 2.61 bits per heavy atom. The maximum absolute atomic E-state index is 9.16. The molecule has 4 nitrogen and oxygen atoms in total. The molecular formula is C19H19N3O. The van der Waals surface area contributed by atoms with E-state index >= 15 is 0 Å². The first-order valence-corrected chi connectivity index (χ1v) is 7.70. The average Bonchev–Trinajstić information content (AvgIpc) is 2.86. The van der Waals surface area contributed by atoms with Crippen LogP contribution >= 0.6 is 0 Å². The van der Waals surface area contributed by atoms with E-state index in [0.29, 0.717) is 6.42 Å². The number of pyridine rings is 1. The lowest BCUT2D eigenvalue weighted by atomic mass is 10.1. The third-order valence-corrected chi connectivity index (χ3v) is 3.63. The molecule has 3 aromatic rings. The lowest BCUT2D eigenvalue weighted by molar-refractivity contribution is 0.242. The van der Waals surface area contributed by atoms with Gasteiger partial charge in [-0.1, -0.05) is 0 Å². The molecule has 0 amide bonds. The highest BCUT2D eigenvalue weighted by Crippen LogP contribution is 2.27. The van der Waals surface area contributed by atoms with Gasteiger partial charge < -0.3 is 9.14 Å². The van der Waals surface area contributed by atoms with Crippen molar-refractivity contribution in [3.05, 3.63) is 53.9 Å². The van der Waals surface area contributed by atoms with Crippen molar-refractivity contribution in [2.24, 2.45) is 0 Å². The van der Waals surface area contributed by atoms with E-state index < -0.39 is 0 Å². The molecule has 0 fully saturated rings. The number of benzene rings is 1. The third kappa shape index (κ3) is 3.04. The van der Waals surface area contributed by atoms with Crippen LogP contribution < -0.4 is 4.74 Å². The molecule has 0 atom stereocenters. The molecule has 1 aromatic carbocycles. The fourth-order valence-electron chi connectivity index (χ4n) is 2.64. The molecule has 0 saturated carbocycles. The van der Waals surface area contributed by atoms with Crippen LogP contribution in [0, 0.1) is 18.3 Å². The van der Waals surface area contributed by atoms with Crippen molar-refractivity contribution in [2.75, 3.05) is 0 Å². The van der Waals surface area contributed by atoms with E-state index in [9.17, 15) is 0 Å². The van der Waals surface area contributed by atoms with Crippen LogP contribution in [0.2, 0.25) is 0 Å². The molecule has 4 heteroatoms. The van der Waals surface area contributed by atoms with Crippen molar-refractivity contribution in [3.63, 3.8) is 0 Å². The summed E-state index contributed by atoms with van der Waals surface area (Å²) in [5.74, 6) is 0.838. The summed E-state index contributed by atoms with van der Waals surface area (Å²) in [5.41, 5.74) is 4.78. The Morgan fingerprint density at radius 1 is 1.22 bits per heavy atom. The first kappa shape index (κ1) is 15.1. The second kappa shape index (κ2) is 6.13. The largest absolute Gasteiger partial charge is 0.491 e. The van der Waals surface area contributed by atoms with Crippen molar-refractivity contribution in [2.45, 2.75) is 33.3 Å². The van der Waals surface area contributed by atoms with Gasteiger partial charge in [-0.25, -0.2) is 4.98 Å². The number of rotatable bonds is 4. The van der Waals surface area contributed by atoms with E-state index in [1.807, 2.05) is 67.8 Å². The second-order valence-electron chi connectivity index (χ2n) is 5.87. The molecule has 0 radical (unpaired) electrons. The molecule has 0 spiro atoms. The first-order chi connectivity index (χ1) is 11.1. The van der Waals surface area contributed by atoms with Gasteiger partial charge >= 0.3 is 0 Å². The van der Waals surface area contributed by atoms with Crippen LogP contribution in [0.5, 0.6) is 5.75 Å². The summed E-state index contributed by atoms with van der Waals surface area (Å²) in [7, 11) is 0. The fraction of sp³-hybridized carbons (Fsp3) is 0.263. The van der Waals surface area contributed by atoms with E-state index in [-0.39, 0.29) is 6.10 Å². The van der Waals surface area contributed by atoms with Gasteiger partial charge in [-0.15, -0.1) is 0 Å². The minimum absolute atomic E-state index is 0.146. The Hall–Kier alpha value is -2.80. The summed E-state index contributed by atoms with van der Waals surface area (Å²) in [4.78, 5) is 4.72. The first-order valence-electron chi connectivity index (χ1n) is 7.70. The summed E-state index contributed by atoms with van der Waals surface area (Å²) in [6.45, 7) is 6.04. The minimum Gasteiger partial charge on any atom is -0.491 e. The van der Waals surface area contributed by atoms with Crippen molar-refractivity contribution in [1.29, 1.82) is 5.26 Å². The van der Waals surface area contributed by atoms with Gasteiger partial charge in [0.25, 0.3) is 0 Å². The van der Waals surface area contributed by atoms with Crippen LogP contribution in [0.3, 0.4) is 0 Å². The van der Waals surface area contributed by atoms with Crippen LogP contribution in [0.15, 0.2) is 42.6 Å². The van der Waals surface area contributed by atoms with Crippen molar-refractivity contribution in [1.82, 2.24) is 9.38 Å². The Morgan fingerprint density at radius 2 is 1.96 bits per heavy atom. The molecule has 0 bridgehead atoms. The topological polar surface area (TPSA) is 50.3 Å². The zero-order chi connectivity index (χ0) is 16.4. The molecule has 0 aliphatic rings. The molecule has 116 valence electrons. The number of aromatic nitrogens is 2. The quantitative estimate of drug-likeness (QED) is 0.727. The Balaban J connectivity index is 2.08. The maximum Gasteiger partial charge on any atom is 0.137 e. The molecule has 23 heavy (non-hydrogen) atoms. The molecule has 0 saturated heterocycles. The van der Waals surface area contributed by atoms with Gasteiger partial charge in [0.1, 0.15) is 11.4 Å². The molecule has 3 rings (SSSR count). The molecule has 0 N–H and O–H groups in total. The number of fused-ring (bicyclic) bond motifs is 1. The van der Waals surface area contributed by atoms with E-state index in [2.05, 4.69) is 6.07 Å².